The molecule has 2 saturated heterocycles. The number of carbonyl (C=O) groups excluding carboxylic acids is 1. The minimum absolute atomic E-state index is 0.0174. The lowest BCUT2D eigenvalue weighted by molar-refractivity contribution is 0.0914. The molecular weight excluding hydrogens is 264 g/mol. The number of amides is 1. The molecule has 21 heavy (non-hydrogen) atoms. The number of carbonyl (C=O) groups is 1. The van der Waals surface area contributed by atoms with Crippen LogP contribution < -0.4 is 15.5 Å². The molecule has 114 valence electrons. The van der Waals surface area contributed by atoms with Crippen LogP contribution in [0.25, 0.3) is 0 Å². The van der Waals surface area contributed by atoms with Gasteiger partial charge in [0.15, 0.2) is 0 Å². The van der Waals surface area contributed by atoms with Gasteiger partial charge in [0.05, 0.1) is 5.56 Å². The zero-order chi connectivity index (χ0) is 14.7. The van der Waals surface area contributed by atoms with Gasteiger partial charge in [-0.15, -0.1) is 0 Å². The normalized spacial score (nSPS) is 25.9. The van der Waals surface area contributed by atoms with Crippen molar-refractivity contribution in [1.82, 2.24) is 15.6 Å². The Morgan fingerprint density at radius 1 is 1.43 bits per heavy atom. The van der Waals surface area contributed by atoms with Crippen LogP contribution in [0.3, 0.4) is 0 Å². The summed E-state index contributed by atoms with van der Waals surface area (Å²) in [5.74, 6) is 1.33. The van der Waals surface area contributed by atoms with Gasteiger partial charge in [0, 0.05) is 25.3 Å². The first-order chi connectivity index (χ1) is 10.3. The Bertz CT molecular complexity index is 499. The average Bonchev–Trinajstić information content (AvgIpc) is 3.04. The van der Waals surface area contributed by atoms with E-state index >= 15 is 0 Å². The Morgan fingerprint density at radius 2 is 2.24 bits per heavy atom. The summed E-state index contributed by atoms with van der Waals surface area (Å²) in [4.78, 5) is 19.3. The van der Waals surface area contributed by atoms with E-state index in [1.807, 2.05) is 12.1 Å². The van der Waals surface area contributed by atoms with Crippen LogP contribution >= 0.6 is 0 Å². The Kier molecular flexibility index (Phi) is 4.39. The predicted octanol–water partition coefficient (Wildman–Crippen LogP) is 1.41. The Morgan fingerprint density at radius 3 is 3.00 bits per heavy atom. The molecule has 3 heterocycles. The maximum absolute atomic E-state index is 12.6. The van der Waals surface area contributed by atoms with Crippen LogP contribution in [-0.2, 0) is 0 Å². The van der Waals surface area contributed by atoms with E-state index in [2.05, 4.69) is 27.4 Å². The van der Waals surface area contributed by atoms with Gasteiger partial charge in [-0.3, -0.25) is 4.79 Å². The number of hydrogen-bond donors (Lipinski definition) is 2. The van der Waals surface area contributed by atoms with Gasteiger partial charge in [-0.1, -0.05) is 6.92 Å². The Labute approximate surface area is 126 Å². The molecule has 0 aromatic carbocycles. The summed E-state index contributed by atoms with van der Waals surface area (Å²) in [6.45, 7) is 6.13. The average molecular weight is 288 g/mol. The first kappa shape index (κ1) is 14.3. The van der Waals surface area contributed by atoms with Gasteiger partial charge in [0.1, 0.15) is 5.82 Å². The summed E-state index contributed by atoms with van der Waals surface area (Å²) in [6.07, 6.45) is 5.13. The van der Waals surface area contributed by atoms with Crippen molar-refractivity contribution in [3.05, 3.63) is 23.9 Å². The minimum Gasteiger partial charge on any atom is -0.356 e. The third-order valence-electron chi connectivity index (χ3n) is 4.54. The lowest BCUT2D eigenvalue weighted by Gasteiger charge is -2.30. The summed E-state index contributed by atoms with van der Waals surface area (Å²) >= 11 is 0. The van der Waals surface area contributed by atoms with E-state index < -0.39 is 0 Å². The highest BCUT2D eigenvalue weighted by Gasteiger charge is 2.26. The number of pyridine rings is 1. The van der Waals surface area contributed by atoms with E-state index in [-0.39, 0.29) is 11.9 Å². The predicted molar refractivity (Wildman–Crippen MR) is 83.6 cm³/mol. The van der Waals surface area contributed by atoms with Crippen molar-refractivity contribution in [3.63, 3.8) is 0 Å². The highest BCUT2D eigenvalue weighted by Crippen LogP contribution is 2.22. The lowest BCUT2D eigenvalue weighted by Crippen LogP contribution is -2.48. The molecule has 3 rings (SSSR count). The Balaban J connectivity index is 1.74. The number of piperidine rings is 1. The zero-order valence-electron chi connectivity index (χ0n) is 12.6. The second-order valence-corrected chi connectivity index (χ2v) is 6.12. The van der Waals surface area contributed by atoms with Crippen LogP contribution in [0.2, 0.25) is 0 Å². The van der Waals surface area contributed by atoms with Crippen molar-refractivity contribution in [3.8, 4) is 0 Å². The quantitative estimate of drug-likeness (QED) is 0.883. The highest BCUT2D eigenvalue weighted by atomic mass is 16.1. The maximum Gasteiger partial charge on any atom is 0.255 e. The molecule has 2 fully saturated rings. The van der Waals surface area contributed by atoms with Crippen LogP contribution in [0.1, 0.15) is 36.5 Å². The van der Waals surface area contributed by atoms with E-state index in [4.69, 9.17) is 0 Å². The van der Waals surface area contributed by atoms with Gasteiger partial charge in [0.25, 0.3) is 5.91 Å². The molecule has 5 nitrogen and oxygen atoms in total. The molecule has 5 heteroatoms. The molecule has 2 aliphatic rings. The van der Waals surface area contributed by atoms with E-state index in [0.29, 0.717) is 11.5 Å². The lowest BCUT2D eigenvalue weighted by atomic mass is 9.95. The number of rotatable bonds is 3. The minimum atomic E-state index is 0.0174. The van der Waals surface area contributed by atoms with Crippen molar-refractivity contribution in [2.24, 2.45) is 5.92 Å². The summed E-state index contributed by atoms with van der Waals surface area (Å²) in [5, 5.41) is 6.56. The molecular formula is C16H24N4O. The molecule has 2 aliphatic heterocycles. The summed E-state index contributed by atoms with van der Waals surface area (Å²) < 4.78 is 0. The monoisotopic (exact) mass is 288 g/mol. The summed E-state index contributed by atoms with van der Waals surface area (Å²) in [7, 11) is 0. The number of hydrogen-bond acceptors (Lipinski definition) is 4. The fourth-order valence-electron chi connectivity index (χ4n) is 3.23. The topological polar surface area (TPSA) is 57.3 Å². The second-order valence-electron chi connectivity index (χ2n) is 6.12. The van der Waals surface area contributed by atoms with Gasteiger partial charge in [-0.05, 0) is 50.4 Å². The fraction of sp³-hybridized carbons (Fsp3) is 0.625. The van der Waals surface area contributed by atoms with E-state index in [0.717, 1.165) is 38.4 Å². The molecule has 2 N–H and O–H groups in total. The molecule has 0 aliphatic carbocycles. The van der Waals surface area contributed by atoms with E-state index in [1.165, 1.54) is 12.8 Å². The van der Waals surface area contributed by atoms with Gasteiger partial charge in [-0.25, -0.2) is 4.98 Å². The van der Waals surface area contributed by atoms with Crippen LogP contribution in [0.4, 0.5) is 5.82 Å². The first-order valence-corrected chi connectivity index (χ1v) is 7.97. The molecule has 2 atom stereocenters. The van der Waals surface area contributed by atoms with Gasteiger partial charge in [0.2, 0.25) is 0 Å². The van der Waals surface area contributed by atoms with Gasteiger partial charge < -0.3 is 15.5 Å². The second kappa shape index (κ2) is 6.43. The van der Waals surface area contributed by atoms with Crippen molar-refractivity contribution >= 4 is 11.7 Å². The van der Waals surface area contributed by atoms with Gasteiger partial charge in [-0.2, -0.15) is 0 Å². The fourth-order valence-corrected chi connectivity index (χ4v) is 3.23. The van der Waals surface area contributed by atoms with Gasteiger partial charge >= 0.3 is 0 Å². The SMILES string of the molecule is CC1CNCCC1NC(=O)c1cccnc1N1CCCC1. The number of nitrogens with zero attached hydrogens (tertiary/aromatic N) is 2. The van der Waals surface area contributed by atoms with Crippen molar-refractivity contribution < 1.29 is 4.79 Å². The van der Waals surface area contributed by atoms with E-state index in [1.54, 1.807) is 6.20 Å². The molecule has 0 spiro atoms. The van der Waals surface area contributed by atoms with Crippen LogP contribution in [0, 0.1) is 5.92 Å². The molecule has 0 bridgehead atoms. The number of anilines is 1. The van der Waals surface area contributed by atoms with E-state index in [9.17, 15) is 4.79 Å². The molecule has 2 unspecified atom stereocenters. The summed E-state index contributed by atoms with van der Waals surface area (Å²) in [6, 6.07) is 3.99. The number of aromatic nitrogens is 1. The van der Waals surface area contributed by atoms with Crippen molar-refractivity contribution in [1.29, 1.82) is 0 Å². The molecule has 0 radical (unpaired) electrons. The third-order valence-corrected chi connectivity index (χ3v) is 4.54. The van der Waals surface area contributed by atoms with Crippen molar-refractivity contribution in [2.45, 2.75) is 32.2 Å². The first-order valence-electron chi connectivity index (χ1n) is 7.97. The van der Waals surface area contributed by atoms with Crippen LogP contribution in [0.5, 0.6) is 0 Å². The number of nitrogens with one attached hydrogen (secondary N) is 2. The third kappa shape index (κ3) is 3.18. The molecule has 1 aromatic rings. The van der Waals surface area contributed by atoms with Crippen LogP contribution in [0.15, 0.2) is 18.3 Å². The summed E-state index contributed by atoms with van der Waals surface area (Å²) in [5.41, 5.74) is 0.713. The smallest absolute Gasteiger partial charge is 0.255 e. The molecule has 1 aromatic heterocycles. The molecule has 1 amide bonds. The van der Waals surface area contributed by atoms with Crippen LogP contribution in [-0.4, -0.2) is 43.1 Å². The van der Waals surface area contributed by atoms with Crippen molar-refractivity contribution in [2.75, 3.05) is 31.1 Å². The largest absolute Gasteiger partial charge is 0.356 e. The molecule has 0 saturated carbocycles. The highest BCUT2D eigenvalue weighted by molar-refractivity contribution is 5.99. The Hall–Kier alpha value is -1.62. The maximum atomic E-state index is 12.6. The standard InChI is InChI=1S/C16H24N4O/c1-12-11-17-8-6-14(12)19-16(21)13-5-4-7-18-15(13)20-9-2-3-10-20/h4-5,7,12,14,17H,2-3,6,8-11H2,1H3,(H,19,21). The zero-order valence-corrected chi connectivity index (χ0v) is 12.6.